The van der Waals surface area contributed by atoms with Crippen molar-refractivity contribution < 1.29 is 23.6 Å². The molecule has 0 aliphatic rings. The van der Waals surface area contributed by atoms with Crippen LogP contribution in [0.4, 0.5) is 0 Å². The largest absolute Gasteiger partial charge is 0.422 e. The van der Waals surface area contributed by atoms with E-state index in [0.717, 1.165) is 0 Å². The van der Waals surface area contributed by atoms with E-state index in [4.69, 9.17) is 37.2 Å². The fourth-order valence-corrected chi connectivity index (χ4v) is 3.46. The second kappa shape index (κ2) is 7.81. The molecule has 0 amide bonds. The molecule has 6 nitrogen and oxygen atoms in total. The van der Waals surface area contributed by atoms with Gasteiger partial charge in [-0.25, -0.2) is 0 Å². The fraction of sp³-hybridized carbons (Fsp3) is 0.250. The van der Waals surface area contributed by atoms with Crippen molar-refractivity contribution in [1.29, 1.82) is 0 Å². The van der Waals surface area contributed by atoms with E-state index >= 15 is 0 Å². The number of ether oxygens (including phenoxy) is 2. The Hall–Kier alpha value is -2.57. The maximum atomic E-state index is 11.8. The van der Waals surface area contributed by atoms with Crippen molar-refractivity contribution in [3.05, 3.63) is 39.9 Å². The number of nitrogens with zero attached hydrogens (tertiary/aromatic N) is 1. The minimum absolute atomic E-state index is 0.0381. The Morgan fingerprint density at radius 1 is 1.04 bits per heavy atom. The Labute approximate surface area is 171 Å². The summed E-state index contributed by atoms with van der Waals surface area (Å²) in [5.74, 6) is -1.02. The number of hydrogen-bond acceptors (Lipinski definition) is 6. The molecule has 2 aromatic carbocycles. The summed E-state index contributed by atoms with van der Waals surface area (Å²) in [5.41, 5.74) is 1.68. The lowest BCUT2D eigenvalue weighted by molar-refractivity contribution is -0.134. The van der Waals surface area contributed by atoms with Crippen LogP contribution in [0.5, 0.6) is 11.5 Å². The normalized spacial score (nSPS) is 11.1. The van der Waals surface area contributed by atoms with Crippen molar-refractivity contribution in [3.8, 4) is 22.8 Å². The summed E-state index contributed by atoms with van der Waals surface area (Å²) >= 11 is 12.7. The zero-order valence-corrected chi connectivity index (χ0v) is 17.1. The van der Waals surface area contributed by atoms with Gasteiger partial charge in [-0.05, 0) is 24.1 Å². The second-order valence-electron chi connectivity index (χ2n) is 6.47. The highest BCUT2D eigenvalue weighted by Gasteiger charge is 2.28. The lowest BCUT2D eigenvalue weighted by Gasteiger charge is -2.16. The van der Waals surface area contributed by atoms with Gasteiger partial charge in [0, 0.05) is 25.0 Å². The van der Waals surface area contributed by atoms with Crippen LogP contribution in [0, 0.1) is 0 Å². The molecule has 0 aliphatic heterocycles. The molecule has 1 aromatic heterocycles. The van der Waals surface area contributed by atoms with Crippen LogP contribution in [0.2, 0.25) is 10.0 Å². The number of esters is 2. The van der Waals surface area contributed by atoms with Crippen LogP contribution in [0.3, 0.4) is 0 Å². The van der Waals surface area contributed by atoms with E-state index in [0.29, 0.717) is 32.1 Å². The zero-order chi connectivity index (χ0) is 20.6. The van der Waals surface area contributed by atoms with E-state index in [-0.39, 0.29) is 23.1 Å². The first-order chi connectivity index (χ1) is 13.2. The van der Waals surface area contributed by atoms with Gasteiger partial charge in [0.15, 0.2) is 17.1 Å². The van der Waals surface area contributed by atoms with E-state index in [1.807, 2.05) is 13.8 Å². The van der Waals surface area contributed by atoms with Gasteiger partial charge in [0.05, 0.1) is 15.4 Å². The Morgan fingerprint density at radius 2 is 1.61 bits per heavy atom. The molecule has 28 heavy (non-hydrogen) atoms. The minimum atomic E-state index is -0.590. The highest BCUT2D eigenvalue weighted by molar-refractivity contribution is 6.39. The summed E-state index contributed by atoms with van der Waals surface area (Å²) in [4.78, 5) is 23.5. The molecule has 0 bridgehead atoms. The van der Waals surface area contributed by atoms with Crippen molar-refractivity contribution >= 4 is 46.1 Å². The Morgan fingerprint density at radius 3 is 2.14 bits per heavy atom. The lowest BCUT2D eigenvalue weighted by Crippen LogP contribution is -2.10. The predicted molar refractivity (Wildman–Crippen MR) is 106 cm³/mol. The average Bonchev–Trinajstić information content (AvgIpc) is 2.99. The third-order valence-corrected chi connectivity index (χ3v) is 4.64. The molecular formula is C20H17Cl2NO5. The molecule has 0 spiro atoms. The number of carbonyl (C=O) groups is 2. The standard InChI is InChI=1S/C20H17Cl2NO5/c1-9(2)12-8-15-17(20(27-11(4)25)19(12)26-10(3)24)18(23-28-15)16-13(21)6-5-7-14(16)22/h5-9H,1-4H3. The fourth-order valence-electron chi connectivity index (χ4n) is 2.89. The second-order valence-corrected chi connectivity index (χ2v) is 7.28. The molecule has 0 saturated heterocycles. The van der Waals surface area contributed by atoms with Gasteiger partial charge in [0.2, 0.25) is 0 Å². The van der Waals surface area contributed by atoms with Crippen molar-refractivity contribution in [2.75, 3.05) is 0 Å². The maximum Gasteiger partial charge on any atom is 0.308 e. The van der Waals surface area contributed by atoms with E-state index in [2.05, 4.69) is 5.16 Å². The van der Waals surface area contributed by atoms with Crippen LogP contribution in [0.25, 0.3) is 22.2 Å². The quantitative estimate of drug-likeness (QED) is 0.392. The van der Waals surface area contributed by atoms with Crippen LogP contribution in [-0.2, 0) is 9.59 Å². The van der Waals surface area contributed by atoms with Crippen LogP contribution in [0.1, 0.15) is 39.2 Å². The smallest absolute Gasteiger partial charge is 0.308 e. The first kappa shape index (κ1) is 20.2. The highest BCUT2D eigenvalue weighted by Crippen LogP contribution is 2.48. The van der Waals surface area contributed by atoms with Crippen LogP contribution >= 0.6 is 23.2 Å². The third-order valence-electron chi connectivity index (χ3n) is 4.01. The summed E-state index contributed by atoms with van der Waals surface area (Å²) in [6.07, 6.45) is 0. The van der Waals surface area contributed by atoms with Gasteiger partial charge in [-0.1, -0.05) is 48.3 Å². The van der Waals surface area contributed by atoms with Gasteiger partial charge in [-0.15, -0.1) is 0 Å². The minimum Gasteiger partial charge on any atom is -0.422 e. The summed E-state index contributed by atoms with van der Waals surface area (Å²) in [6.45, 7) is 6.34. The highest BCUT2D eigenvalue weighted by atomic mass is 35.5. The Bertz CT molecular complexity index is 1070. The molecule has 1 heterocycles. The van der Waals surface area contributed by atoms with Crippen LogP contribution in [0.15, 0.2) is 28.8 Å². The first-order valence-electron chi connectivity index (χ1n) is 8.48. The van der Waals surface area contributed by atoms with E-state index in [1.54, 1.807) is 24.3 Å². The number of rotatable bonds is 4. The summed E-state index contributed by atoms with van der Waals surface area (Å²) in [7, 11) is 0. The van der Waals surface area contributed by atoms with Gasteiger partial charge in [0.25, 0.3) is 0 Å². The molecule has 0 unspecified atom stereocenters. The van der Waals surface area contributed by atoms with Gasteiger partial charge in [-0.2, -0.15) is 0 Å². The van der Waals surface area contributed by atoms with Crippen LogP contribution in [-0.4, -0.2) is 17.1 Å². The Balaban J connectivity index is 2.44. The lowest BCUT2D eigenvalue weighted by atomic mass is 9.98. The summed E-state index contributed by atoms with van der Waals surface area (Å²) < 4.78 is 16.4. The van der Waals surface area contributed by atoms with E-state index < -0.39 is 11.9 Å². The first-order valence-corrected chi connectivity index (χ1v) is 9.23. The van der Waals surface area contributed by atoms with Crippen molar-refractivity contribution in [1.82, 2.24) is 5.16 Å². The third kappa shape index (κ3) is 3.70. The molecular weight excluding hydrogens is 405 g/mol. The monoisotopic (exact) mass is 421 g/mol. The molecule has 3 rings (SSSR count). The summed E-state index contributed by atoms with van der Waals surface area (Å²) in [6, 6.07) is 6.71. The Kier molecular flexibility index (Phi) is 5.63. The molecule has 146 valence electrons. The number of aromatic nitrogens is 1. The van der Waals surface area contributed by atoms with E-state index in [1.165, 1.54) is 13.8 Å². The molecule has 0 fully saturated rings. The molecule has 0 saturated carbocycles. The van der Waals surface area contributed by atoms with Gasteiger partial charge in [0.1, 0.15) is 5.69 Å². The van der Waals surface area contributed by atoms with Gasteiger partial charge in [-0.3, -0.25) is 9.59 Å². The van der Waals surface area contributed by atoms with Gasteiger partial charge < -0.3 is 14.0 Å². The number of fused-ring (bicyclic) bond motifs is 1. The van der Waals surface area contributed by atoms with Crippen molar-refractivity contribution in [2.45, 2.75) is 33.6 Å². The zero-order valence-electron chi connectivity index (χ0n) is 15.6. The number of halogens is 2. The molecule has 0 aliphatic carbocycles. The van der Waals surface area contributed by atoms with Crippen molar-refractivity contribution in [3.63, 3.8) is 0 Å². The topological polar surface area (TPSA) is 78.6 Å². The molecule has 0 radical (unpaired) electrons. The average molecular weight is 422 g/mol. The molecule has 0 atom stereocenters. The predicted octanol–water partition coefficient (Wildman–Crippen LogP) is 5.78. The van der Waals surface area contributed by atoms with Crippen LogP contribution < -0.4 is 9.47 Å². The summed E-state index contributed by atoms with van der Waals surface area (Å²) in [5, 5.41) is 5.13. The number of hydrogen-bond donors (Lipinski definition) is 0. The molecule has 0 N–H and O–H groups in total. The van der Waals surface area contributed by atoms with Gasteiger partial charge >= 0.3 is 11.9 Å². The maximum absolute atomic E-state index is 11.8. The van der Waals surface area contributed by atoms with E-state index in [9.17, 15) is 9.59 Å². The van der Waals surface area contributed by atoms with Crippen molar-refractivity contribution in [2.24, 2.45) is 0 Å². The number of benzene rings is 2. The molecule has 8 heteroatoms. The molecule has 3 aromatic rings. The SMILES string of the molecule is CC(=O)Oc1c(C(C)C)cc2onc(-c3c(Cl)cccc3Cl)c2c1OC(C)=O. The number of carbonyl (C=O) groups excluding carboxylic acids is 2.